The zero-order valence-electron chi connectivity index (χ0n) is 11.5. The van der Waals surface area contributed by atoms with Gasteiger partial charge in [-0.3, -0.25) is 0 Å². The molecule has 1 atom stereocenters. The molecule has 2 heteroatoms. The predicted molar refractivity (Wildman–Crippen MR) is 72.8 cm³/mol. The average Bonchev–Trinajstić information content (AvgIpc) is 2.57. The van der Waals surface area contributed by atoms with Gasteiger partial charge in [-0.1, -0.05) is 0 Å². The standard InChI is InChI=1S/C9H7.C4H10N.2CH3.Ti/c1-2-5-9-7-3-6-8(9)4-1;1-4(2,3)5;;;/h1-7H;5H,1-3H3;2*1H3;/q;-1;;;+1. The van der Waals surface area contributed by atoms with Crippen LogP contribution in [0.1, 0.15) is 36.1 Å². The fourth-order valence-electron chi connectivity index (χ4n) is 2.92. The topological polar surface area (TPSA) is 12.0 Å². The van der Waals surface area contributed by atoms with Crippen molar-refractivity contribution < 1.29 is 16.8 Å². The Labute approximate surface area is 109 Å². The molecule has 0 heterocycles. The molecule has 1 N–H and O–H groups in total. The molecular weight excluding hydrogens is 242 g/mol. The summed E-state index contributed by atoms with van der Waals surface area (Å²) in [6.45, 7) is 6.81. The van der Waals surface area contributed by atoms with Gasteiger partial charge in [0, 0.05) is 0 Å². The molecule has 0 bridgehead atoms. The van der Waals surface area contributed by atoms with E-state index < -0.39 is 16.8 Å². The van der Waals surface area contributed by atoms with Crippen molar-refractivity contribution in [2.24, 2.45) is 0 Å². The van der Waals surface area contributed by atoms with Crippen molar-refractivity contribution >= 4 is 6.08 Å². The van der Waals surface area contributed by atoms with Crippen molar-refractivity contribution in [3.63, 3.8) is 0 Å². The van der Waals surface area contributed by atoms with Gasteiger partial charge in [-0.25, -0.2) is 0 Å². The van der Waals surface area contributed by atoms with Gasteiger partial charge in [0.05, 0.1) is 0 Å². The van der Waals surface area contributed by atoms with Crippen LogP contribution in [-0.4, -0.2) is 5.54 Å². The Kier molecular flexibility index (Phi) is 3.37. The first-order chi connectivity index (χ1) is 7.80. The third-order valence-corrected chi connectivity index (χ3v) is 8.67. The molecule has 0 saturated heterocycles. The number of hydrogen-bond donors (Lipinski definition) is 1. The molecular formula is C15H23NTi. The summed E-state index contributed by atoms with van der Waals surface area (Å²) < 4.78 is 4.56. The van der Waals surface area contributed by atoms with Crippen LogP contribution in [0.15, 0.2) is 30.3 Å². The molecule has 1 aromatic rings. The van der Waals surface area contributed by atoms with Crippen LogP contribution in [-0.2, 0) is 16.8 Å². The second-order valence-electron chi connectivity index (χ2n) is 6.56. The van der Waals surface area contributed by atoms with E-state index in [2.05, 4.69) is 71.4 Å². The first kappa shape index (κ1) is 13.1. The Morgan fingerprint density at radius 3 is 2.41 bits per heavy atom. The van der Waals surface area contributed by atoms with E-state index >= 15 is 0 Å². The molecule has 1 aromatic carbocycles. The fourth-order valence-corrected chi connectivity index (χ4v) is 8.71. The molecule has 92 valence electrons. The number of rotatable bonds is 2. The van der Waals surface area contributed by atoms with Crippen molar-refractivity contribution in [2.45, 2.75) is 41.0 Å². The number of benzene rings is 1. The van der Waals surface area contributed by atoms with Crippen LogP contribution in [0.4, 0.5) is 0 Å². The van der Waals surface area contributed by atoms with E-state index in [1.54, 1.807) is 0 Å². The summed E-state index contributed by atoms with van der Waals surface area (Å²) in [7, 11) is 0. The minimum atomic E-state index is -2.04. The molecule has 1 nitrogen and oxygen atoms in total. The molecule has 17 heavy (non-hydrogen) atoms. The quantitative estimate of drug-likeness (QED) is 0.786. The van der Waals surface area contributed by atoms with E-state index in [1.165, 1.54) is 11.1 Å². The SMILES string of the molecule is CC(C)(C)[NH][Ti]([CH3])([CH3])[CH]1C=Cc2ccccc21. The monoisotopic (exact) mass is 265 g/mol. The van der Waals surface area contributed by atoms with Gasteiger partial charge in [-0.05, 0) is 0 Å². The Morgan fingerprint density at radius 1 is 1.12 bits per heavy atom. The Bertz CT molecular complexity index is 440. The van der Waals surface area contributed by atoms with Crippen molar-refractivity contribution in [3.05, 3.63) is 41.5 Å². The third-order valence-electron chi connectivity index (χ3n) is 3.27. The summed E-state index contributed by atoms with van der Waals surface area (Å²) >= 11 is -2.04. The van der Waals surface area contributed by atoms with Crippen LogP contribution in [0.3, 0.4) is 0 Å². The Hall–Kier alpha value is -0.366. The minimum absolute atomic E-state index is 0.217. The summed E-state index contributed by atoms with van der Waals surface area (Å²) in [6.07, 6.45) is 4.70. The van der Waals surface area contributed by atoms with Gasteiger partial charge in [-0.2, -0.15) is 0 Å². The maximum absolute atomic E-state index is 3.91. The summed E-state index contributed by atoms with van der Waals surface area (Å²) in [4.78, 5) is 0. The van der Waals surface area contributed by atoms with Gasteiger partial charge in [0.15, 0.2) is 0 Å². The molecule has 0 fully saturated rings. The van der Waals surface area contributed by atoms with Gasteiger partial charge in [0.25, 0.3) is 0 Å². The summed E-state index contributed by atoms with van der Waals surface area (Å²) in [6, 6.07) is 8.80. The van der Waals surface area contributed by atoms with E-state index in [1.807, 2.05) is 0 Å². The number of hydrogen-bond acceptors (Lipinski definition) is 1. The van der Waals surface area contributed by atoms with Gasteiger partial charge < -0.3 is 0 Å². The number of allylic oxidation sites excluding steroid dienone is 1. The van der Waals surface area contributed by atoms with Crippen LogP contribution >= 0.6 is 0 Å². The van der Waals surface area contributed by atoms with Gasteiger partial charge in [0.1, 0.15) is 0 Å². The summed E-state index contributed by atoms with van der Waals surface area (Å²) in [5.74, 6) is 0. The van der Waals surface area contributed by atoms with Gasteiger partial charge in [0.2, 0.25) is 0 Å². The van der Waals surface area contributed by atoms with Crippen LogP contribution < -0.4 is 3.80 Å². The van der Waals surface area contributed by atoms with Crippen molar-refractivity contribution in [1.29, 1.82) is 0 Å². The average molecular weight is 265 g/mol. The van der Waals surface area contributed by atoms with Gasteiger partial charge >= 0.3 is 109 Å². The Balaban J connectivity index is 2.28. The van der Waals surface area contributed by atoms with E-state index in [-0.39, 0.29) is 5.54 Å². The molecule has 1 aliphatic rings. The van der Waals surface area contributed by atoms with E-state index in [4.69, 9.17) is 0 Å². The molecule has 0 amide bonds. The van der Waals surface area contributed by atoms with Crippen LogP contribution in [0.5, 0.6) is 0 Å². The molecule has 1 unspecified atom stereocenters. The van der Waals surface area contributed by atoms with Crippen LogP contribution in [0.2, 0.25) is 10.5 Å². The van der Waals surface area contributed by atoms with Crippen molar-refractivity contribution in [3.8, 4) is 0 Å². The normalized spacial score (nSPS) is 19.5. The van der Waals surface area contributed by atoms with E-state index in [0.717, 1.165) is 0 Å². The number of nitrogens with one attached hydrogen (secondary N) is 1. The molecule has 0 radical (unpaired) electrons. The second kappa shape index (κ2) is 4.38. The van der Waals surface area contributed by atoms with Crippen LogP contribution in [0, 0.1) is 0 Å². The fraction of sp³-hybridized carbons (Fsp3) is 0.467. The molecule has 2 rings (SSSR count). The molecule has 0 saturated carbocycles. The van der Waals surface area contributed by atoms with Gasteiger partial charge in [-0.15, -0.1) is 0 Å². The predicted octanol–water partition coefficient (Wildman–Crippen LogP) is 4.31. The van der Waals surface area contributed by atoms with Crippen molar-refractivity contribution in [2.75, 3.05) is 0 Å². The Morgan fingerprint density at radius 2 is 1.76 bits per heavy atom. The second-order valence-corrected chi connectivity index (χ2v) is 13.3. The third kappa shape index (κ3) is 2.90. The van der Waals surface area contributed by atoms with Crippen LogP contribution in [0.25, 0.3) is 6.08 Å². The number of fused-ring (bicyclic) bond motifs is 1. The summed E-state index contributed by atoms with van der Waals surface area (Å²) in [5.41, 5.74) is 3.15. The molecule has 1 aliphatic carbocycles. The molecule has 0 spiro atoms. The van der Waals surface area contributed by atoms with E-state index in [0.29, 0.717) is 4.22 Å². The van der Waals surface area contributed by atoms with Crippen molar-refractivity contribution in [1.82, 2.24) is 3.80 Å². The van der Waals surface area contributed by atoms with E-state index in [9.17, 15) is 0 Å². The molecule has 0 aliphatic heterocycles. The summed E-state index contributed by atoms with van der Waals surface area (Å²) in [5, 5.41) is 4.95. The zero-order chi connectivity index (χ0) is 12.7. The molecule has 0 aromatic heterocycles. The maximum atomic E-state index is 3.91. The first-order valence-electron chi connectivity index (χ1n) is 6.36. The zero-order valence-corrected chi connectivity index (χ0v) is 13.1. The first-order valence-corrected chi connectivity index (χ1v) is 11.2.